The van der Waals surface area contributed by atoms with Crippen LogP contribution in [0.15, 0.2) is 27.4 Å². The zero-order chi connectivity index (χ0) is 18.0. The smallest absolute Gasteiger partial charge is 0.339 e. The van der Waals surface area contributed by atoms with Crippen molar-refractivity contribution < 1.29 is 19.1 Å². The number of aryl methyl sites for hydroxylation is 1. The highest BCUT2D eigenvalue weighted by Crippen LogP contribution is 2.24. The fourth-order valence-electron chi connectivity index (χ4n) is 3.30. The molecule has 2 aromatic rings. The molecule has 0 unspecified atom stereocenters. The van der Waals surface area contributed by atoms with E-state index in [4.69, 9.17) is 9.15 Å². The van der Waals surface area contributed by atoms with Crippen LogP contribution in [-0.2, 0) is 11.2 Å². The Hall–Kier alpha value is -2.34. The number of benzene rings is 1. The normalized spacial score (nSPS) is 15.6. The largest absolute Gasteiger partial charge is 0.497 e. The number of rotatable bonds is 4. The van der Waals surface area contributed by atoms with Crippen molar-refractivity contribution in [2.24, 2.45) is 0 Å². The number of aliphatic hydroxyl groups excluding tert-OH is 1. The number of hydrogen-bond donors (Lipinski definition) is 1. The zero-order valence-electron chi connectivity index (χ0n) is 14.6. The first-order valence-corrected chi connectivity index (χ1v) is 8.55. The van der Waals surface area contributed by atoms with Gasteiger partial charge in [0.25, 0.3) is 0 Å². The summed E-state index contributed by atoms with van der Waals surface area (Å²) < 4.78 is 10.6. The van der Waals surface area contributed by atoms with E-state index in [0.717, 1.165) is 10.9 Å². The van der Waals surface area contributed by atoms with Gasteiger partial charge in [0, 0.05) is 36.5 Å². The summed E-state index contributed by atoms with van der Waals surface area (Å²) >= 11 is 0. The van der Waals surface area contributed by atoms with Crippen LogP contribution in [0.3, 0.4) is 0 Å². The number of likely N-dealkylation sites (tertiary alicyclic amines) is 1. The van der Waals surface area contributed by atoms with Crippen molar-refractivity contribution in [3.8, 4) is 5.75 Å². The Morgan fingerprint density at radius 3 is 2.76 bits per heavy atom. The summed E-state index contributed by atoms with van der Waals surface area (Å²) in [6.07, 6.45) is 1.54. The summed E-state index contributed by atoms with van der Waals surface area (Å²) in [6, 6.07) is 5.38. The molecule has 0 saturated carbocycles. The van der Waals surface area contributed by atoms with Gasteiger partial charge < -0.3 is 19.2 Å². The van der Waals surface area contributed by atoms with Gasteiger partial charge in [-0.1, -0.05) is 0 Å². The highest BCUT2D eigenvalue weighted by atomic mass is 16.5. The molecule has 1 aliphatic rings. The molecular formula is C19H23NO5. The number of nitrogens with zero attached hydrogens (tertiary/aromatic N) is 1. The molecule has 1 aromatic heterocycles. The summed E-state index contributed by atoms with van der Waals surface area (Å²) in [5.41, 5.74) is 1.47. The number of methoxy groups -OCH3 is 1. The fraction of sp³-hybridized carbons (Fsp3) is 0.474. The van der Waals surface area contributed by atoms with E-state index in [-0.39, 0.29) is 18.4 Å². The van der Waals surface area contributed by atoms with Crippen LogP contribution >= 0.6 is 0 Å². The Morgan fingerprint density at radius 1 is 1.36 bits per heavy atom. The Kier molecular flexibility index (Phi) is 5.08. The summed E-state index contributed by atoms with van der Waals surface area (Å²) in [5.74, 6) is 0.644. The lowest BCUT2D eigenvalue weighted by Crippen LogP contribution is -2.40. The summed E-state index contributed by atoms with van der Waals surface area (Å²) in [5, 5.41) is 10.4. The van der Waals surface area contributed by atoms with Crippen LogP contribution in [0, 0.1) is 6.92 Å². The van der Waals surface area contributed by atoms with E-state index in [1.54, 1.807) is 18.1 Å². The number of hydrogen-bond acceptors (Lipinski definition) is 5. The van der Waals surface area contributed by atoms with Gasteiger partial charge >= 0.3 is 5.63 Å². The van der Waals surface area contributed by atoms with Crippen LogP contribution in [0.4, 0.5) is 0 Å². The monoisotopic (exact) mass is 345 g/mol. The average molecular weight is 345 g/mol. The Labute approximate surface area is 146 Å². The molecule has 6 nitrogen and oxygen atoms in total. The lowest BCUT2D eigenvalue weighted by atomic mass is 10.0. The minimum atomic E-state index is -0.403. The molecule has 1 fully saturated rings. The van der Waals surface area contributed by atoms with Crippen molar-refractivity contribution in [1.82, 2.24) is 4.90 Å². The van der Waals surface area contributed by atoms with Crippen molar-refractivity contribution in [3.05, 3.63) is 39.7 Å². The van der Waals surface area contributed by atoms with E-state index in [0.29, 0.717) is 49.2 Å². The first-order chi connectivity index (χ1) is 12.0. The highest BCUT2D eigenvalue weighted by molar-refractivity contribution is 5.82. The minimum Gasteiger partial charge on any atom is -0.497 e. The number of ether oxygens (including phenoxy) is 1. The third-order valence-electron chi connectivity index (χ3n) is 4.90. The van der Waals surface area contributed by atoms with Gasteiger partial charge in [-0.2, -0.15) is 0 Å². The van der Waals surface area contributed by atoms with Crippen LogP contribution in [0.2, 0.25) is 0 Å². The molecule has 1 aromatic carbocycles. The second-order valence-corrected chi connectivity index (χ2v) is 6.47. The number of carbonyl (C=O) groups excluding carboxylic acids is 1. The summed E-state index contributed by atoms with van der Waals surface area (Å²) in [7, 11) is 1.56. The third-order valence-corrected chi connectivity index (χ3v) is 4.90. The van der Waals surface area contributed by atoms with Gasteiger partial charge in [0.15, 0.2) is 0 Å². The fourth-order valence-corrected chi connectivity index (χ4v) is 3.30. The molecule has 3 rings (SSSR count). The van der Waals surface area contributed by atoms with Gasteiger partial charge in [0.2, 0.25) is 5.91 Å². The van der Waals surface area contributed by atoms with Gasteiger partial charge in [-0.3, -0.25) is 4.79 Å². The maximum absolute atomic E-state index is 12.3. The quantitative estimate of drug-likeness (QED) is 0.858. The summed E-state index contributed by atoms with van der Waals surface area (Å²) in [4.78, 5) is 26.4. The zero-order valence-corrected chi connectivity index (χ0v) is 14.6. The number of fused-ring (bicyclic) bond motifs is 1. The third kappa shape index (κ3) is 3.69. The lowest BCUT2D eigenvalue weighted by molar-refractivity contribution is -0.133. The first kappa shape index (κ1) is 17.5. The molecule has 0 bridgehead atoms. The van der Waals surface area contributed by atoms with E-state index < -0.39 is 5.63 Å². The Bertz CT molecular complexity index is 834. The van der Waals surface area contributed by atoms with Crippen LogP contribution in [0.25, 0.3) is 11.0 Å². The molecule has 0 aliphatic carbocycles. The van der Waals surface area contributed by atoms with Crippen molar-refractivity contribution in [2.45, 2.75) is 38.7 Å². The maximum Gasteiger partial charge on any atom is 0.339 e. The molecule has 1 amide bonds. The van der Waals surface area contributed by atoms with Crippen molar-refractivity contribution in [2.75, 3.05) is 20.2 Å². The number of amides is 1. The van der Waals surface area contributed by atoms with Gasteiger partial charge in [-0.25, -0.2) is 4.79 Å². The Balaban J connectivity index is 1.77. The average Bonchev–Trinajstić information content (AvgIpc) is 2.61. The molecule has 0 atom stereocenters. The van der Waals surface area contributed by atoms with E-state index in [2.05, 4.69) is 0 Å². The predicted octanol–water partition coefficient (Wildman–Crippen LogP) is 2.03. The molecule has 25 heavy (non-hydrogen) atoms. The van der Waals surface area contributed by atoms with Crippen LogP contribution in [0.5, 0.6) is 5.75 Å². The van der Waals surface area contributed by atoms with Gasteiger partial charge in [0.1, 0.15) is 11.3 Å². The molecule has 1 aliphatic heterocycles. The molecular weight excluding hydrogens is 322 g/mol. The van der Waals surface area contributed by atoms with Gasteiger partial charge in [-0.05, 0) is 43.9 Å². The van der Waals surface area contributed by atoms with E-state index in [9.17, 15) is 14.7 Å². The van der Waals surface area contributed by atoms with E-state index in [1.807, 2.05) is 19.1 Å². The van der Waals surface area contributed by atoms with Crippen molar-refractivity contribution in [3.63, 3.8) is 0 Å². The molecule has 0 radical (unpaired) electrons. The summed E-state index contributed by atoms with van der Waals surface area (Å²) in [6.45, 7) is 3.03. The molecule has 6 heteroatoms. The standard InChI is InChI=1S/C19H23NO5/c1-12-15-4-3-14(24-2)11-17(15)25-19(23)16(12)5-6-18(22)20-9-7-13(21)8-10-20/h3-4,11,13,21H,5-10H2,1-2H3. The second-order valence-electron chi connectivity index (χ2n) is 6.47. The number of aliphatic hydroxyl groups is 1. The van der Waals surface area contributed by atoms with E-state index >= 15 is 0 Å². The molecule has 2 heterocycles. The molecule has 0 spiro atoms. The topological polar surface area (TPSA) is 80.0 Å². The first-order valence-electron chi connectivity index (χ1n) is 8.55. The van der Waals surface area contributed by atoms with E-state index in [1.165, 1.54) is 0 Å². The molecule has 1 saturated heterocycles. The van der Waals surface area contributed by atoms with Crippen LogP contribution in [0.1, 0.15) is 30.4 Å². The SMILES string of the molecule is COc1ccc2c(C)c(CCC(=O)N3CCC(O)CC3)c(=O)oc2c1. The Morgan fingerprint density at radius 2 is 2.08 bits per heavy atom. The van der Waals surface area contributed by atoms with Crippen molar-refractivity contribution >= 4 is 16.9 Å². The minimum absolute atomic E-state index is 0.0144. The number of piperidine rings is 1. The second kappa shape index (κ2) is 7.27. The predicted molar refractivity (Wildman–Crippen MR) is 93.9 cm³/mol. The van der Waals surface area contributed by atoms with Crippen molar-refractivity contribution in [1.29, 1.82) is 0 Å². The highest BCUT2D eigenvalue weighted by Gasteiger charge is 2.22. The van der Waals surface area contributed by atoms with Crippen LogP contribution in [-0.4, -0.2) is 42.2 Å². The molecule has 134 valence electrons. The lowest BCUT2D eigenvalue weighted by Gasteiger charge is -2.29. The maximum atomic E-state index is 12.3. The molecule has 1 N–H and O–H groups in total. The van der Waals surface area contributed by atoms with Crippen LogP contribution < -0.4 is 10.4 Å². The number of carbonyl (C=O) groups is 1. The van der Waals surface area contributed by atoms with Gasteiger partial charge in [-0.15, -0.1) is 0 Å². The van der Waals surface area contributed by atoms with Gasteiger partial charge in [0.05, 0.1) is 13.2 Å².